The van der Waals surface area contributed by atoms with Crippen LogP contribution in [0.2, 0.25) is 0 Å². The molecule has 0 aliphatic rings. The van der Waals surface area contributed by atoms with E-state index >= 15 is 0 Å². The molecule has 1 atom stereocenters. The zero-order valence-corrected chi connectivity index (χ0v) is 5.51. The SMILES string of the molecule is C=CCC(N)(CF)C(=O)O. The Morgan fingerprint density at radius 3 is 2.50 bits per heavy atom. The van der Waals surface area contributed by atoms with Crippen LogP contribution >= 0.6 is 0 Å². The first-order valence-corrected chi connectivity index (χ1v) is 2.76. The van der Waals surface area contributed by atoms with Gasteiger partial charge in [-0.05, 0) is 6.42 Å². The van der Waals surface area contributed by atoms with E-state index in [-0.39, 0.29) is 6.42 Å². The molecule has 4 heteroatoms. The van der Waals surface area contributed by atoms with Gasteiger partial charge >= 0.3 is 5.97 Å². The van der Waals surface area contributed by atoms with Gasteiger partial charge < -0.3 is 10.8 Å². The van der Waals surface area contributed by atoms with Crippen LogP contribution in [0.4, 0.5) is 4.39 Å². The third-order valence-corrected chi connectivity index (χ3v) is 1.17. The number of carbonyl (C=O) groups is 1. The van der Waals surface area contributed by atoms with Gasteiger partial charge in [0.1, 0.15) is 12.2 Å². The molecule has 0 aromatic carbocycles. The van der Waals surface area contributed by atoms with E-state index in [0.29, 0.717) is 0 Å². The topological polar surface area (TPSA) is 63.3 Å². The summed E-state index contributed by atoms with van der Waals surface area (Å²) in [6.07, 6.45) is 1.23. The van der Waals surface area contributed by atoms with Crippen LogP contribution in [0.1, 0.15) is 6.42 Å². The Morgan fingerprint density at radius 2 is 2.40 bits per heavy atom. The highest BCUT2D eigenvalue weighted by Crippen LogP contribution is 2.07. The molecule has 0 radical (unpaired) electrons. The van der Waals surface area contributed by atoms with Crippen LogP contribution in [0.25, 0.3) is 0 Å². The Kier molecular flexibility index (Phi) is 3.02. The molecular weight excluding hydrogens is 137 g/mol. The molecule has 3 N–H and O–H groups in total. The zero-order valence-electron chi connectivity index (χ0n) is 5.51. The highest BCUT2D eigenvalue weighted by molar-refractivity contribution is 5.78. The Hall–Kier alpha value is -0.900. The average Bonchev–Trinajstić information content (AvgIpc) is 1.88. The molecule has 3 nitrogen and oxygen atoms in total. The van der Waals surface area contributed by atoms with E-state index in [0.717, 1.165) is 0 Å². The van der Waals surface area contributed by atoms with E-state index < -0.39 is 18.2 Å². The van der Waals surface area contributed by atoms with Crippen molar-refractivity contribution in [3.63, 3.8) is 0 Å². The van der Waals surface area contributed by atoms with Crippen LogP contribution < -0.4 is 5.73 Å². The van der Waals surface area contributed by atoms with Crippen molar-refractivity contribution in [2.45, 2.75) is 12.0 Å². The van der Waals surface area contributed by atoms with Crippen LogP contribution in [-0.2, 0) is 4.79 Å². The molecule has 10 heavy (non-hydrogen) atoms. The van der Waals surface area contributed by atoms with Crippen LogP contribution in [-0.4, -0.2) is 23.3 Å². The van der Waals surface area contributed by atoms with Crippen molar-refractivity contribution >= 4 is 5.97 Å². The van der Waals surface area contributed by atoms with E-state index in [1.807, 2.05) is 0 Å². The summed E-state index contributed by atoms with van der Waals surface area (Å²) >= 11 is 0. The predicted molar refractivity (Wildman–Crippen MR) is 35.3 cm³/mol. The number of carboxylic acids is 1. The lowest BCUT2D eigenvalue weighted by molar-refractivity contribution is -0.143. The number of hydrogen-bond acceptors (Lipinski definition) is 2. The van der Waals surface area contributed by atoms with Gasteiger partial charge in [-0.25, -0.2) is 4.39 Å². The third kappa shape index (κ3) is 1.80. The molecule has 0 aromatic heterocycles. The number of halogens is 1. The van der Waals surface area contributed by atoms with Gasteiger partial charge in [0.15, 0.2) is 0 Å². The molecule has 0 heterocycles. The number of hydrogen-bond donors (Lipinski definition) is 2. The molecule has 0 aliphatic carbocycles. The maximum Gasteiger partial charge on any atom is 0.326 e. The second-order valence-electron chi connectivity index (χ2n) is 2.09. The lowest BCUT2D eigenvalue weighted by atomic mass is 9.99. The summed E-state index contributed by atoms with van der Waals surface area (Å²) in [5.41, 5.74) is 3.33. The first-order valence-electron chi connectivity index (χ1n) is 2.76. The predicted octanol–water partition coefficient (Wildman–Crippen LogP) is 0.314. The Labute approximate surface area is 58.3 Å². The number of nitrogens with two attached hydrogens (primary N) is 1. The van der Waals surface area contributed by atoms with Crippen LogP contribution in [0.5, 0.6) is 0 Å². The van der Waals surface area contributed by atoms with Crippen molar-refractivity contribution in [1.29, 1.82) is 0 Å². The highest BCUT2D eigenvalue weighted by atomic mass is 19.1. The van der Waals surface area contributed by atoms with Gasteiger partial charge in [0.25, 0.3) is 0 Å². The normalized spacial score (nSPS) is 15.8. The summed E-state index contributed by atoms with van der Waals surface area (Å²) in [7, 11) is 0. The number of carboxylic acid groups (broad SMARTS) is 1. The number of alkyl halides is 1. The monoisotopic (exact) mass is 147 g/mol. The molecule has 0 saturated carbocycles. The van der Waals surface area contributed by atoms with Gasteiger partial charge in [-0.1, -0.05) is 6.08 Å². The highest BCUT2D eigenvalue weighted by Gasteiger charge is 2.32. The minimum absolute atomic E-state index is 0.0567. The molecule has 0 fully saturated rings. The van der Waals surface area contributed by atoms with E-state index in [2.05, 4.69) is 6.58 Å². The second-order valence-corrected chi connectivity index (χ2v) is 2.09. The molecular formula is C6H10FNO2. The summed E-state index contributed by atoms with van der Waals surface area (Å²) in [6.45, 7) is 2.19. The van der Waals surface area contributed by atoms with Crippen molar-refractivity contribution in [1.82, 2.24) is 0 Å². The van der Waals surface area contributed by atoms with Gasteiger partial charge in [0.05, 0.1) is 0 Å². The van der Waals surface area contributed by atoms with Gasteiger partial charge in [-0.15, -0.1) is 6.58 Å². The average molecular weight is 147 g/mol. The molecule has 0 spiro atoms. The Morgan fingerprint density at radius 1 is 1.90 bits per heavy atom. The molecule has 0 saturated heterocycles. The maximum absolute atomic E-state index is 11.9. The van der Waals surface area contributed by atoms with Crippen LogP contribution in [0.3, 0.4) is 0 Å². The van der Waals surface area contributed by atoms with Gasteiger partial charge in [0.2, 0.25) is 0 Å². The molecule has 58 valence electrons. The van der Waals surface area contributed by atoms with Crippen molar-refractivity contribution in [3.05, 3.63) is 12.7 Å². The minimum Gasteiger partial charge on any atom is -0.480 e. The molecule has 0 aliphatic heterocycles. The quantitative estimate of drug-likeness (QED) is 0.562. The standard InChI is InChI=1S/C6H10FNO2/c1-2-3-6(8,4-7)5(9)10/h2H,1,3-4,8H2,(H,9,10). The first kappa shape index (κ1) is 9.10. The second kappa shape index (κ2) is 3.31. The lowest BCUT2D eigenvalue weighted by Gasteiger charge is -2.17. The summed E-state index contributed by atoms with van der Waals surface area (Å²) in [5.74, 6) is -1.34. The van der Waals surface area contributed by atoms with E-state index in [9.17, 15) is 9.18 Å². The van der Waals surface area contributed by atoms with Gasteiger partial charge in [-0.2, -0.15) is 0 Å². The number of aliphatic carboxylic acids is 1. The van der Waals surface area contributed by atoms with Crippen molar-refractivity contribution in [2.24, 2.45) is 5.73 Å². The van der Waals surface area contributed by atoms with Crippen molar-refractivity contribution in [2.75, 3.05) is 6.67 Å². The molecule has 0 amide bonds. The van der Waals surface area contributed by atoms with E-state index in [1.54, 1.807) is 0 Å². The minimum atomic E-state index is -1.78. The van der Waals surface area contributed by atoms with E-state index in [1.165, 1.54) is 6.08 Å². The summed E-state index contributed by atoms with van der Waals surface area (Å²) in [5, 5.41) is 8.35. The smallest absolute Gasteiger partial charge is 0.326 e. The Bertz CT molecular complexity index is 149. The Balaban J connectivity index is 4.21. The van der Waals surface area contributed by atoms with E-state index in [4.69, 9.17) is 10.8 Å². The summed E-state index contributed by atoms with van der Waals surface area (Å²) < 4.78 is 11.9. The fourth-order valence-electron chi connectivity index (χ4n) is 0.457. The largest absolute Gasteiger partial charge is 0.480 e. The molecule has 0 rings (SSSR count). The van der Waals surface area contributed by atoms with Crippen LogP contribution in [0, 0.1) is 0 Å². The number of rotatable bonds is 4. The van der Waals surface area contributed by atoms with Gasteiger partial charge in [0, 0.05) is 0 Å². The maximum atomic E-state index is 11.9. The fourth-order valence-corrected chi connectivity index (χ4v) is 0.457. The van der Waals surface area contributed by atoms with Crippen molar-refractivity contribution < 1.29 is 14.3 Å². The third-order valence-electron chi connectivity index (χ3n) is 1.17. The molecule has 0 bridgehead atoms. The van der Waals surface area contributed by atoms with Crippen molar-refractivity contribution in [3.8, 4) is 0 Å². The van der Waals surface area contributed by atoms with Crippen LogP contribution in [0.15, 0.2) is 12.7 Å². The molecule has 0 aromatic rings. The molecule has 1 unspecified atom stereocenters. The summed E-state index contributed by atoms with van der Waals surface area (Å²) in [6, 6.07) is 0. The lowest BCUT2D eigenvalue weighted by Crippen LogP contribution is -2.49. The zero-order chi connectivity index (χ0) is 8.20. The van der Waals surface area contributed by atoms with Gasteiger partial charge in [-0.3, -0.25) is 4.79 Å². The summed E-state index contributed by atoms with van der Waals surface area (Å²) in [4.78, 5) is 10.2. The first-order chi connectivity index (χ1) is 4.56. The fraction of sp³-hybridized carbons (Fsp3) is 0.500.